The van der Waals surface area contributed by atoms with Crippen molar-refractivity contribution in [3.05, 3.63) is 35.6 Å². The lowest BCUT2D eigenvalue weighted by atomic mass is 10.0. The lowest BCUT2D eigenvalue weighted by Gasteiger charge is -2.37. The molecular formula is C15H23FN2O. The van der Waals surface area contributed by atoms with Crippen LogP contribution in [0.15, 0.2) is 24.3 Å². The number of hydrogen-bond acceptors (Lipinski definition) is 3. The Morgan fingerprint density at radius 2 is 2.26 bits per heavy atom. The normalized spacial score (nSPS) is 26.3. The van der Waals surface area contributed by atoms with Gasteiger partial charge in [0, 0.05) is 25.2 Å². The van der Waals surface area contributed by atoms with Gasteiger partial charge in [0.1, 0.15) is 5.82 Å². The van der Waals surface area contributed by atoms with Crippen molar-refractivity contribution in [1.29, 1.82) is 0 Å². The van der Waals surface area contributed by atoms with Crippen molar-refractivity contribution in [2.45, 2.75) is 38.5 Å². The van der Waals surface area contributed by atoms with E-state index in [0.29, 0.717) is 6.04 Å². The maximum atomic E-state index is 13.2. The number of morpholine rings is 1. The second-order valence-electron chi connectivity index (χ2n) is 5.44. The Bertz CT molecular complexity index is 413. The molecule has 0 radical (unpaired) electrons. The third-order valence-electron chi connectivity index (χ3n) is 3.74. The Morgan fingerprint density at radius 3 is 3.00 bits per heavy atom. The summed E-state index contributed by atoms with van der Waals surface area (Å²) in [7, 11) is 0. The maximum Gasteiger partial charge on any atom is 0.123 e. The third-order valence-corrected chi connectivity index (χ3v) is 3.74. The third kappa shape index (κ3) is 4.00. The number of nitrogens with zero attached hydrogens (tertiary/aromatic N) is 1. The molecule has 0 spiro atoms. The Balaban J connectivity index is 1.87. The Kier molecular flexibility index (Phi) is 4.91. The smallest absolute Gasteiger partial charge is 0.123 e. The van der Waals surface area contributed by atoms with Crippen LogP contribution in [0.5, 0.6) is 0 Å². The van der Waals surface area contributed by atoms with Crippen molar-refractivity contribution in [2.75, 3.05) is 19.7 Å². The van der Waals surface area contributed by atoms with Gasteiger partial charge in [0.2, 0.25) is 0 Å². The fraction of sp³-hybridized carbons (Fsp3) is 0.600. The van der Waals surface area contributed by atoms with Crippen LogP contribution in [0.1, 0.15) is 31.9 Å². The van der Waals surface area contributed by atoms with E-state index in [0.717, 1.165) is 31.7 Å². The highest BCUT2D eigenvalue weighted by Gasteiger charge is 2.23. The summed E-state index contributed by atoms with van der Waals surface area (Å²) in [5, 5.41) is 0. The van der Waals surface area contributed by atoms with E-state index in [2.05, 4.69) is 18.7 Å². The fourth-order valence-electron chi connectivity index (χ4n) is 2.49. The summed E-state index contributed by atoms with van der Waals surface area (Å²) in [6.45, 7) is 6.89. The van der Waals surface area contributed by atoms with E-state index in [1.165, 1.54) is 12.1 Å². The molecule has 1 aromatic carbocycles. The zero-order chi connectivity index (χ0) is 13.8. The molecule has 0 saturated carbocycles. The monoisotopic (exact) mass is 266 g/mol. The van der Waals surface area contributed by atoms with E-state index < -0.39 is 0 Å². The van der Waals surface area contributed by atoms with Crippen LogP contribution < -0.4 is 5.73 Å². The molecule has 3 atom stereocenters. The Labute approximate surface area is 114 Å². The van der Waals surface area contributed by atoms with Crippen LogP contribution in [0.25, 0.3) is 0 Å². The highest BCUT2D eigenvalue weighted by molar-refractivity contribution is 5.19. The molecule has 4 heteroatoms. The van der Waals surface area contributed by atoms with Crippen molar-refractivity contribution in [3.63, 3.8) is 0 Å². The molecule has 2 N–H and O–H groups in total. The topological polar surface area (TPSA) is 38.5 Å². The lowest BCUT2D eigenvalue weighted by Crippen LogP contribution is -2.47. The number of hydrogen-bond donors (Lipinski definition) is 1. The van der Waals surface area contributed by atoms with Crippen LogP contribution >= 0.6 is 0 Å². The van der Waals surface area contributed by atoms with Gasteiger partial charge in [-0.05, 0) is 38.0 Å². The molecule has 2 rings (SSSR count). The fourth-order valence-corrected chi connectivity index (χ4v) is 2.49. The summed E-state index contributed by atoms with van der Waals surface area (Å²) in [6, 6.07) is 6.89. The van der Waals surface area contributed by atoms with E-state index in [1.807, 2.05) is 6.07 Å². The van der Waals surface area contributed by atoms with Crippen molar-refractivity contribution in [1.82, 2.24) is 4.90 Å². The summed E-state index contributed by atoms with van der Waals surface area (Å²) >= 11 is 0. The van der Waals surface area contributed by atoms with Crippen molar-refractivity contribution < 1.29 is 9.13 Å². The van der Waals surface area contributed by atoms with Gasteiger partial charge in [-0.15, -0.1) is 0 Å². The van der Waals surface area contributed by atoms with Gasteiger partial charge >= 0.3 is 0 Å². The first-order chi connectivity index (χ1) is 9.06. The Morgan fingerprint density at radius 1 is 1.47 bits per heavy atom. The number of halogens is 1. The molecule has 106 valence electrons. The second-order valence-corrected chi connectivity index (χ2v) is 5.44. The summed E-state index contributed by atoms with van der Waals surface area (Å²) in [4.78, 5) is 2.40. The first kappa shape index (κ1) is 14.4. The predicted octanol–water partition coefficient (Wildman–Crippen LogP) is 2.32. The number of ether oxygens (including phenoxy) is 1. The SMILES string of the molecule is CC1CN(CCC(N)c2cccc(F)c2)C(C)CO1. The first-order valence-electron chi connectivity index (χ1n) is 6.93. The standard InChI is InChI=1S/C15H23FN2O/c1-11-10-19-12(2)9-18(11)7-6-15(17)13-4-3-5-14(16)8-13/h3-5,8,11-12,15H,6-7,9-10,17H2,1-2H3. The summed E-state index contributed by atoms with van der Waals surface area (Å²) in [6.07, 6.45) is 1.11. The molecule has 0 aromatic heterocycles. The van der Waals surface area contributed by atoms with Crippen molar-refractivity contribution in [2.24, 2.45) is 5.73 Å². The summed E-state index contributed by atoms with van der Waals surface area (Å²) < 4.78 is 18.8. The second kappa shape index (κ2) is 6.46. The molecule has 1 fully saturated rings. The van der Waals surface area contributed by atoms with Crippen LogP contribution in [-0.2, 0) is 4.74 Å². The Hall–Kier alpha value is -0.970. The molecule has 1 aliphatic rings. The van der Waals surface area contributed by atoms with E-state index in [1.54, 1.807) is 6.07 Å². The first-order valence-corrected chi connectivity index (χ1v) is 6.93. The van der Waals surface area contributed by atoms with Gasteiger partial charge < -0.3 is 10.5 Å². The molecule has 1 saturated heterocycles. The maximum absolute atomic E-state index is 13.2. The molecule has 0 amide bonds. The minimum atomic E-state index is -0.221. The number of benzene rings is 1. The van der Waals surface area contributed by atoms with Gasteiger partial charge in [0.15, 0.2) is 0 Å². The highest BCUT2D eigenvalue weighted by Crippen LogP contribution is 2.18. The molecule has 19 heavy (non-hydrogen) atoms. The molecule has 3 nitrogen and oxygen atoms in total. The van der Waals surface area contributed by atoms with Gasteiger partial charge in [-0.3, -0.25) is 4.90 Å². The number of nitrogens with two attached hydrogens (primary N) is 1. The minimum absolute atomic E-state index is 0.110. The zero-order valence-electron chi connectivity index (χ0n) is 11.7. The summed E-state index contributed by atoms with van der Waals surface area (Å²) in [5.41, 5.74) is 7.01. The van der Waals surface area contributed by atoms with Crippen LogP contribution in [0, 0.1) is 5.82 Å². The lowest BCUT2D eigenvalue weighted by molar-refractivity contribution is -0.0499. The van der Waals surface area contributed by atoms with Gasteiger partial charge in [-0.1, -0.05) is 12.1 Å². The quantitative estimate of drug-likeness (QED) is 0.909. The van der Waals surface area contributed by atoms with Gasteiger partial charge in [0.05, 0.1) is 12.7 Å². The minimum Gasteiger partial charge on any atom is -0.376 e. The molecular weight excluding hydrogens is 243 g/mol. The van der Waals surface area contributed by atoms with Crippen LogP contribution in [0.4, 0.5) is 4.39 Å². The van der Waals surface area contributed by atoms with Gasteiger partial charge in [0.25, 0.3) is 0 Å². The van der Waals surface area contributed by atoms with E-state index in [4.69, 9.17) is 10.5 Å². The molecule has 3 unspecified atom stereocenters. The van der Waals surface area contributed by atoms with Crippen molar-refractivity contribution in [3.8, 4) is 0 Å². The summed E-state index contributed by atoms with van der Waals surface area (Å²) in [5.74, 6) is -0.221. The van der Waals surface area contributed by atoms with Crippen molar-refractivity contribution >= 4 is 0 Å². The molecule has 0 aliphatic carbocycles. The van der Waals surface area contributed by atoms with Crippen LogP contribution in [-0.4, -0.2) is 36.7 Å². The number of rotatable bonds is 4. The highest BCUT2D eigenvalue weighted by atomic mass is 19.1. The molecule has 1 aliphatic heterocycles. The molecule has 1 heterocycles. The van der Waals surface area contributed by atoms with Gasteiger partial charge in [-0.25, -0.2) is 4.39 Å². The van der Waals surface area contributed by atoms with Gasteiger partial charge in [-0.2, -0.15) is 0 Å². The molecule has 0 bridgehead atoms. The average Bonchev–Trinajstić information content (AvgIpc) is 2.39. The predicted molar refractivity (Wildman–Crippen MR) is 74.4 cm³/mol. The zero-order valence-corrected chi connectivity index (χ0v) is 11.7. The van der Waals surface area contributed by atoms with E-state index in [9.17, 15) is 4.39 Å². The van der Waals surface area contributed by atoms with E-state index in [-0.39, 0.29) is 18.0 Å². The van der Waals surface area contributed by atoms with Crippen LogP contribution in [0.2, 0.25) is 0 Å². The molecule has 1 aromatic rings. The van der Waals surface area contributed by atoms with Crippen LogP contribution in [0.3, 0.4) is 0 Å². The van der Waals surface area contributed by atoms with E-state index >= 15 is 0 Å². The largest absolute Gasteiger partial charge is 0.376 e. The average molecular weight is 266 g/mol.